The summed E-state index contributed by atoms with van der Waals surface area (Å²) in [5.41, 5.74) is 4.66. The molecule has 5 nitrogen and oxygen atoms in total. The van der Waals surface area contributed by atoms with Crippen LogP contribution in [0.5, 0.6) is 5.75 Å². The quantitative estimate of drug-likeness (QED) is 0.697. The number of aryl methyl sites for hydroxylation is 1. The summed E-state index contributed by atoms with van der Waals surface area (Å²) in [4.78, 5) is 0. The number of benzene rings is 2. The average Bonchev–Trinajstić information content (AvgIpc) is 2.73. The van der Waals surface area contributed by atoms with E-state index in [0.717, 1.165) is 30.6 Å². The lowest BCUT2D eigenvalue weighted by molar-refractivity contribution is -0.113. The average molecular weight is 398 g/mol. The molecule has 2 aliphatic rings. The second-order valence-corrected chi connectivity index (χ2v) is 8.36. The second kappa shape index (κ2) is 8.84. The largest absolute Gasteiger partial charge is 0.488 e. The van der Waals surface area contributed by atoms with E-state index in [9.17, 15) is 15.3 Å². The van der Waals surface area contributed by atoms with Gasteiger partial charge in [-0.1, -0.05) is 30.3 Å². The zero-order chi connectivity index (χ0) is 20.4. The summed E-state index contributed by atoms with van der Waals surface area (Å²) >= 11 is 0. The molecule has 2 aromatic rings. The highest BCUT2D eigenvalue weighted by atomic mass is 16.5. The van der Waals surface area contributed by atoms with Crippen molar-refractivity contribution in [2.75, 3.05) is 6.61 Å². The van der Waals surface area contributed by atoms with Gasteiger partial charge in [0.25, 0.3) is 0 Å². The number of aliphatic hydroxyl groups is 3. The van der Waals surface area contributed by atoms with Crippen LogP contribution < -0.4 is 4.74 Å². The lowest BCUT2D eigenvalue weighted by atomic mass is 9.92. The summed E-state index contributed by atoms with van der Waals surface area (Å²) in [6, 6.07) is 14.4. The Morgan fingerprint density at radius 2 is 1.83 bits per heavy atom. The maximum absolute atomic E-state index is 10.1. The van der Waals surface area contributed by atoms with Crippen LogP contribution in [-0.4, -0.2) is 46.3 Å². The van der Waals surface area contributed by atoms with Crippen LogP contribution in [0.15, 0.2) is 42.5 Å². The molecule has 1 heterocycles. The van der Waals surface area contributed by atoms with Gasteiger partial charge in [-0.25, -0.2) is 0 Å². The summed E-state index contributed by atoms with van der Waals surface area (Å²) < 4.78 is 11.8. The van der Waals surface area contributed by atoms with E-state index < -0.39 is 6.10 Å². The Hall–Kier alpha value is -1.92. The van der Waals surface area contributed by atoms with Crippen LogP contribution in [0.3, 0.4) is 0 Å². The number of aliphatic hydroxyl groups excluding tert-OH is 3. The van der Waals surface area contributed by atoms with E-state index in [1.807, 2.05) is 12.1 Å². The number of ether oxygens (including phenoxy) is 2. The molecule has 0 bridgehead atoms. The lowest BCUT2D eigenvalue weighted by Gasteiger charge is -2.33. The van der Waals surface area contributed by atoms with Gasteiger partial charge in [-0.15, -0.1) is 0 Å². The van der Waals surface area contributed by atoms with E-state index in [1.165, 1.54) is 16.7 Å². The fourth-order valence-electron chi connectivity index (χ4n) is 4.07. The molecule has 3 N–H and O–H groups in total. The molecule has 1 aliphatic carbocycles. The molecule has 1 saturated carbocycles. The molecular formula is C24H30O5. The fraction of sp³-hybridized carbons (Fsp3) is 0.500. The summed E-state index contributed by atoms with van der Waals surface area (Å²) in [6.07, 6.45) is 2.19. The van der Waals surface area contributed by atoms with Gasteiger partial charge in [-0.05, 0) is 60.6 Å². The van der Waals surface area contributed by atoms with Crippen molar-refractivity contribution in [1.82, 2.24) is 0 Å². The maximum Gasteiger partial charge on any atom is 0.125 e. The predicted octanol–water partition coefficient (Wildman–Crippen LogP) is 3.06. The molecule has 0 aromatic heterocycles. The monoisotopic (exact) mass is 398 g/mol. The molecule has 5 heteroatoms. The Kier molecular flexibility index (Phi) is 6.20. The fourth-order valence-corrected chi connectivity index (χ4v) is 4.07. The van der Waals surface area contributed by atoms with E-state index >= 15 is 0 Å². The SMILES string of the molecule is Cc1ccc([C@H]2CC(O)C[C@@H](CO)O2)cc1Cc1ccc(OC2CCC2O)cc1. The van der Waals surface area contributed by atoms with E-state index in [1.54, 1.807) is 0 Å². The molecule has 0 radical (unpaired) electrons. The van der Waals surface area contributed by atoms with Crippen LogP contribution in [0.4, 0.5) is 0 Å². The van der Waals surface area contributed by atoms with E-state index in [4.69, 9.17) is 9.47 Å². The van der Waals surface area contributed by atoms with Crippen LogP contribution >= 0.6 is 0 Å². The van der Waals surface area contributed by atoms with E-state index in [-0.39, 0.29) is 31.0 Å². The number of hydrogen-bond donors (Lipinski definition) is 3. The zero-order valence-corrected chi connectivity index (χ0v) is 16.8. The maximum atomic E-state index is 10.1. The van der Waals surface area contributed by atoms with Crippen molar-refractivity contribution < 1.29 is 24.8 Å². The van der Waals surface area contributed by atoms with Crippen molar-refractivity contribution in [1.29, 1.82) is 0 Å². The minimum atomic E-state index is -0.447. The second-order valence-electron chi connectivity index (χ2n) is 8.36. The highest BCUT2D eigenvalue weighted by Crippen LogP contribution is 2.33. The van der Waals surface area contributed by atoms with Crippen molar-refractivity contribution in [3.05, 3.63) is 64.7 Å². The summed E-state index contributed by atoms with van der Waals surface area (Å²) in [7, 11) is 0. The van der Waals surface area contributed by atoms with Crippen LogP contribution in [0.2, 0.25) is 0 Å². The van der Waals surface area contributed by atoms with Crippen LogP contribution in [0.25, 0.3) is 0 Å². The molecule has 156 valence electrons. The summed E-state index contributed by atoms with van der Waals surface area (Å²) in [6.45, 7) is 2.03. The van der Waals surface area contributed by atoms with Crippen LogP contribution in [-0.2, 0) is 11.2 Å². The molecule has 0 spiro atoms. The minimum absolute atomic E-state index is 0.0708. The highest BCUT2D eigenvalue weighted by molar-refractivity contribution is 5.38. The Labute approximate surface area is 171 Å². The van der Waals surface area contributed by atoms with Gasteiger partial charge in [-0.3, -0.25) is 0 Å². The van der Waals surface area contributed by atoms with Gasteiger partial charge in [0.2, 0.25) is 0 Å². The lowest BCUT2D eigenvalue weighted by Crippen LogP contribution is -2.41. The van der Waals surface area contributed by atoms with Gasteiger partial charge in [0, 0.05) is 12.8 Å². The number of rotatable bonds is 6. The molecule has 1 aliphatic heterocycles. The first-order valence-electron chi connectivity index (χ1n) is 10.5. The first-order valence-corrected chi connectivity index (χ1v) is 10.5. The molecule has 5 atom stereocenters. The Bertz CT molecular complexity index is 819. The normalized spacial score (nSPS) is 29.3. The van der Waals surface area contributed by atoms with E-state index in [0.29, 0.717) is 12.8 Å². The first-order chi connectivity index (χ1) is 14.0. The Morgan fingerprint density at radius 3 is 2.48 bits per heavy atom. The summed E-state index contributed by atoms with van der Waals surface area (Å²) in [5, 5.41) is 29.2. The van der Waals surface area contributed by atoms with Crippen molar-refractivity contribution in [2.45, 2.75) is 69.5 Å². The standard InChI is InChI=1S/C24H30O5/c1-15-2-5-17(24-13-19(26)12-21(14-25)29-24)11-18(15)10-16-3-6-20(7-4-16)28-23-9-8-22(23)27/h2-7,11,19,21-27H,8-10,12-14H2,1H3/t19?,21-,22?,23?,24+/m0/s1. The Morgan fingerprint density at radius 1 is 1.03 bits per heavy atom. The van der Waals surface area contributed by atoms with Crippen LogP contribution in [0.1, 0.15) is 54.0 Å². The minimum Gasteiger partial charge on any atom is -0.488 e. The van der Waals surface area contributed by atoms with Crippen molar-refractivity contribution in [2.24, 2.45) is 0 Å². The first kappa shape index (κ1) is 20.4. The summed E-state index contributed by atoms with van der Waals surface area (Å²) in [5.74, 6) is 0.794. The third-order valence-electron chi connectivity index (χ3n) is 6.11. The predicted molar refractivity (Wildman–Crippen MR) is 110 cm³/mol. The van der Waals surface area contributed by atoms with Crippen molar-refractivity contribution >= 4 is 0 Å². The smallest absolute Gasteiger partial charge is 0.125 e. The third-order valence-corrected chi connectivity index (χ3v) is 6.11. The van der Waals surface area contributed by atoms with Gasteiger partial charge in [0.1, 0.15) is 11.9 Å². The van der Waals surface area contributed by atoms with Crippen molar-refractivity contribution in [3.8, 4) is 5.75 Å². The van der Waals surface area contributed by atoms with Gasteiger partial charge in [0.15, 0.2) is 0 Å². The van der Waals surface area contributed by atoms with Gasteiger partial charge >= 0.3 is 0 Å². The molecule has 1 saturated heterocycles. The Balaban J connectivity index is 1.45. The van der Waals surface area contributed by atoms with Gasteiger partial charge < -0.3 is 24.8 Å². The molecule has 29 heavy (non-hydrogen) atoms. The highest BCUT2D eigenvalue weighted by Gasteiger charge is 2.31. The molecule has 2 aromatic carbocycles. The third kappa shape index (κ3) is 4.81. The van der Waals surface area contributed by atoms with Gasteiger partial charge in [-0.2, -0.15) is 0 Å². The van der Waals surface area contributed by atoms with Crippen molar-refractivity contribution in [3.63, 3.8) is 0 Å². The molecule has 4 rings (SSSR count). The van der Waals surface area contributed by atoms with E-state index in [2.05, 4.69) is 37.3 Å². The topological polar surface area (TPSA) is 79.2 Å². The molecule has 3 unspecified atom stereocenters. The molecule has 2 fully saturated rings. The number of hydrogen-bond acceptors (Lipinski definition) is 5. The zero-order valence-electron chi connectivity index (χ0n) is 16.8. The van der Waals surface area contributed by atoms with Crippen LogP contribution in [0, 0.1) is 6.92 Å². The molecule has 0 amide bonds. The molecular weight excluding hydrogens is 368 g/mol. The van der Waals surface area contributed by atoms with Gasteiger partial charge in [0.05, 0.1) is 31.0 Å².